The van der Waals surface area contributed by atoms with Gasteiger partial charge in [0.2, 0.25) is 17.7 Å². The van der Waals surface area contributed by atoms with E-state index in [2.05, 4.69) is 10.2 Å². The number of alkyl halides is 3. The third-order valence-electron chi connectivity index (χ3n) is 3.05. The molecule has 126 valence electrons. The predicted molar refractivity (Wildman–Crippen MR) is 75.4 cm³/mol. The summed E-state index contributed by atoms with van der Waals surface area (Å²) < 4.78 is 43.3. The molecular weight excluding hydrogens is 325 g/mol. The van der Waals surface area contributed by atoms with Crippen LogP contribution in [0.25, 0.3) is 0 Å². The predicted octanol–water partition coefficient (Wildman–Crippen LogP) is 2.38. The van der Waals surface area contributed by atoms with E-state index in [-0.39, 0.29) is 18.3 Å². The van der Waals surface area contributed by atoms with Crippen LogP contribution in [0.15, 0.2) is 28.7 Å². The molecular formula is C15H13F3N4O2. The number of hydrogen-bond donors (Lipinski definition) is 0. The molecule has 0 unspecified atom stereocenters. The van der Waals surface area contributed by atoms with Crippen molar-refractivity contribution >= 4 is 5.91 Å². The zero-order valence-corrected chi connectivity index (χ0v) is 12.7. The summed E-state index contributed by atoms with van der Waals surface area (Å²) >= 11 is 0. The van der Waals surface area contributed by atoms with Crippen LogP contribution >= 0.6 is 0 Å². The Morgan fingerprint density at radius 2 is 1.96 bits per heavy atom. The van der Waals surface area contributed by atoms with Crippen LogP contribution in [0.3, 0.4) is 0 Å². The minimum Gasteiger partial charge on any atom is -0.425 e. The van der Waals surface area contributed by atoms with Crippen molar-refractivity contribution < 1.29 is 22.4 Å². The maximum absolute atomic E-state index is 12.7. The Hall–Kier alpha value is -2.89. The first-order chi connectivity index (χ1) is 11.3. The summed E-state index contributed by atoms with van der Waals surface area (Å²) in [4.78, 5) is 12.8. The number of rotatable bonds is 5. The van der Waals surface area contributed by atoms with Crippen molar-refractivity contribution in [1.29, 1.82) is 5.26 Å². The van der Waals surface area contributed by atoms with Crippen LogP contribution in [0, 0.1) is 18.3 Å². The monoisotopic (exact) mass is 338 g/mol. The molecule has 1 aromatic heterocycles. The molecule has 0 radical (unpaired) electrons. The fourth-order valence-corrected chi connectivity index (χ4v) is 2.00. The van der Waals surface area contributed by atoms with E-state index < -0.39 is 25.0 Å². The molecule has 0 saturated heterocycles. The molecule has 0 bridgehead atoms. The lowest BCUT2D eigenvalue weighted by Gasteiger charge is -2.23. The van der Waals surface area contributed by atoms with Gasteiger partial charge in [-0.05, 0) is 17.7 Å². The van der Waals surface area contributed by atoms with Crippen molar-refractivity contribution in [1.82, 2.24) is 15.1 Å². The molecule has 1 aromatic carbocycles. The summed E-state index contributed by atoms with van der Waals surface area (Å²) in [5.41, 5.74) is 0.863. The number of aromatic nitrogens is 2. The van der Waals surface area contributed by atoms with Crippen molar-refractivity contribution in [3.05, 3.63) is 47.2 Å². The van der Waals surface area contributed by atoms with E-state index in [9.17, 15) is 18.0 Å². The molecule has 24 heavy (non-hydrogen) atoms. The molecule has 0 N–H and O–H groups in total. The van der Waals surface area contributed by atoms with Crippen molar-refractivity contribution in [3.8, 4) is 6.07 Å². The highest BCUT2D eigenvalue weighted by Crippen LogP contribution is 2.19. The topological polar surface area (TPSA) is 83.0 Å². The molecule has 9 heteroatoms. The number of halogens is 3. The standard InChI is InChI=1S/C15H13F3N4O2/c1-10-20-21-13(24-10)6-14(23)22(9-15(16,17)18)8-12-4-2-11(7-19)3-5-12/h2-5H,6,8-9H2,1H3. The molecule has 0 fully saturated rings. The summed E-state index contributed by atoms with van der Waals surface area (Å²) in [6.45, 7) is -0.110. The van der Waals surface area contributed by atoms with Gasteiger partial charge in [0.15, 0.2) is 0 Å². The summed E-state index contributed by atoms with van der Waals surface area (Å²) in [7, 11) is 0. The van der Waals surface area contributed by atoms with Crippen LogP contribution in [0.5, 0.6) is 0 Å². The van der Waals surface area contributed by atoms with E-state index in [1.165, 1.54) is 31.2 Å². The number of amides is 1. The molecule has 1 heterocycles. The maximum Gasteiger partial charge on any atom is 0.406 e. The quantitative estimate of drug-likeness (QED) is 0.836. The molecule has 6 nitrogen and oxygen atoms in total. The molecule has 1 amide bonds. The molecule has 0 spiro atoms. The normalized spacial score (nSPS) is 11.1. The first-order valence-electron chi connectivity index (χ1n) is 6.89. The van der Waals surface area contributed by atoms with E-state index in [0.717, 1.165) is 0 Å². The number of carbonyl (C=O) groups excluding carboxylic acids is 1. The second-order valence-corrected chi connectivity index (χ2v) is 5.07. The highest BCUT2D eigenvalue weighted by atomic mass is 19.4. The van der Waals surface area contributed by atoms with Crippen molar-refractivity contribution in [2.24, 2.45) is 0 Å². The van der Waals surface area contributed by atoms with Crippen LogP contribution in [0.2, 0.25) is 0 Å². The lowest BCUT2D eigenvalue weighted by Crippen LogP contribution is -2.39. The molecule has 0 aliphatic carbocycles. The first-order valence-corrected chi connectivity index (χ1v) is 6.89. The van der Waals surface area contributed by atoms with Gasteiger partial charge in [-0.25, -0.2) is 0 Å². The summed E-state index contributed by atoms with van der Waals surface area (Å²) in [5.74, 6) is -0.586. The zero-order chi connectivity index (χ0) is 17.7. The molecule has 0 saturated carbocycles. The lowest BCUT2D eigenvalue weighted by atomic mass is 10.1. The summed E-state index contributed by atoms with van der Waals surface area (Å²) in [6, 6.07) is 7.89. The maximum atomic E-state index is 12.7. The molecule has 0 aliphatic heterocycles. The fourth-order valence-electron chi connectivity index (χ4n) is 2.00. The highest BCUT2D eigenvalue weighted by molar-refractivity contribution is 5.77. The number of carbonyl (C=O) groups is 1. The van der Waals surface area contributed by atoms with Crippen LogP contribution in [-0.2, 0) is 17.8 Å². The Morgan fingerprint density at radius 1 is 1.29 bits per heavy atom. The van der Waals surface area contributed by atoms with Crippen molar-refractivity contribution in [3.63, 3.8) is 0 Å². The van der Waals surface area contributed by atoms with Crippen LogP contribution < -0.4 is 0 Å². The van der Waals surface area contributed by atoms with E-state index in [1.807, 2.05) is 6.07 Å². The van der Waals surface area contributed by atoms with Gasteiger partial charge in [0, 0.05) is 13.5 Å². The number of nitrogens with zero attached hydrogens (tertiary/aromatic N) is 4. The molecule has 0 aliphatic rings. The Morgan fingerprint density at radius 3 is 2.46 bits per heavy atom. The van der Waals surface area contributed by atoms with Gasteiger partial charge in [0.1, 0.15) is 13.0 Å². The van der Waals surface area contributed by atoms with Gasteiger partial charge in [-0.15, -0.1) is 10.2 Å². The number of nitriles is 1. The largest absolute Gasteiger partial charge is 0.425 e. The van der Waals surface area contributed by atoms with Gasteiger partial charge in [-0.1, -0.05) is 12.1 Å². The van der Waals surface area contributed by atoms with E-state index in [4.69, 9.17) is 9.68 Å². The zero-order valence-electron chi connectivity index (χ0n) is 12.7. The van der Waals surface area contributed by atoms with Gasteiger partial charge in [-0.2, -0.15) is 18.4 Å². The van der Waals surface area contributed by atoms with Crippen LogP contribution in [0.1, 0.15) is 22.9 Å². The first kappa shape index (κ1) is 17.5. The van der Waals surface area contributed by atoms with E-state index in [1.54, 1.807) is 0 Å². The fraction of sp³-hybridized carbons (Fsp3) is 0.333. The third kappa shape index (κ3) is 5.08. The average molecular weight is 338 g/mol. The number of hydrogen-bond acceptors (Lipinski definition) is 5. The van der Waals surface area contributed by atoms with E-state index in [0.29, 0.717) is 16.0 Å². The van der Waals surface area contributed by atoms with Gasteiger partial charge < -0.3 is 9.32 Å². The summed E-state index contributed by atoms with van der Waals surface area (Å²) in [5, 5.41) is 15.9. The smallest absolute Gasteiger partial charge is 0.406 e. The minimum atomic E-state index is -4.53. The average Bonchev–Trinajstić information content (AvgIpc) is 2.91. The second-order valence-electron chi connectivity index (χ2n) is 5.07. The Labute approximate surface area is 135 Å². The van der Waals surface area contributed by atoms with Crippen LogP contribution in [-0.4, -0.2) is 33.7 Å². The van der Waals surface area contributed by atoms with Crippen molar-refractivity contribution in [2.75, 3.05) is 6.54 Å². The third-order valence-corrected chi connectivity index (χ3v) is 3.05. The number of aryl methyl sites for hydroxylation is 1. The van der Waals surface area contributed by atoms with Gasteiger partial charge in [0.25, 0.3) is 0 Å². The second kappa shape index (κ2) is 7.12. The molecule has 2 aromatic rings. The SMILES string of the molecule is Cc1nnc(CC(=O)N(Cc2ccc(C#N)cc2)CC(F)(F)F)o1. The highest BCUT2D eigenvalue weighted by Gasteiger charge is 2.33. The minimum absolute atomic E-state index is 0.0375. The summed E-state index contributed by atoms with van der Waals surface area (Å²) in [6.07, 6.45) is -4.94. The Balaban J connectivity index is 2.13. The Bertz CT molecular complexity index is 747. The van der Waals surface area contributed by atoms with Crippen molar-refractivity contribution in [2.45, 2.75) is 26.1 Å². The molecule has 2 rings (SSSR count). The Kier molecular flexibility index (Phi) is 5.18. The lowest BCUT2D eigenvalue weighted by molar-refractivity contribution is -0.162. The number of benzene rings is 1. The van der Waals surface area contributed by atoms with Gasteiger partial charge in [-0.3, -0.25) is 4.79 Å². The van der Waals surface area contributed by atoms with E-state index >= 15 is 0 Å². The van der Waals surface area contributed by atoms with Gasteiger partial charge >= 0.3 is 6.18 Å². The van der Waals surface area contributed by atoms with Gasteiger partial charge in [0.05, 0.1) is 11.6 Å². The van der Waals surface area contributed by atoms with Crippen LogP contribution in [0.4, 0.5) is 13.2 Å². The molecule has 0 atom stereocenters.